The van der Waals surface area contributed by atoms with E-state index < -0.39 is 11.9 Å². The molecule has 0 radical (unpaired) electrons. The Balaban J connectivity index is 1.49. The molecule has 1 saturated heterocycles. The molecule has 0 unspecified atom stereocenters. The molecule has 0 aliphatic carbocycles. The number of likely N-dealkylation sites (tertiary alicyclic amines) is 1. The minimum Gasteiger partial charge on any atom is -0.496 e. The Morgan fingerprint density at radius 3 is 2.81 bits per heavy atom. The second-order valence-corrected chi connectivity index (χ2v) is 8.32. The second-order valence-electron chi connectivity index (χ2n) is 8.32. The van der Waals surface area contributed by atoms with E-state index in [9.17, 15) is 9.18 Å². The molecule has 5 rings (SSSR count). The van der Waals surface area contributed by atoms with Crippen molar-refractivity contribution < 1.29 is 23.2 Å². The van der Waals surface area contributed by atoms with Crippen molar-refractivity contribution in [3.05, 3.63) is 65.5 Å². The van der Waals surface area contributed by atoms with Gasteiger partial charge in [-0.05, 0) is 56.5 Å². The average molecular weight is 493 g/mol. The molecule has 1 aliphatic rings. The van der Waals surface area contributed by atoms with Gasteiger partial charge in [0.05, 0.1) is 49.0 Å². The predicted octanol–water partition coefficient (Wildman–Crippen LogP) is 4.15. The van der Waals surface area contributed by atoms with Crippen molar-refractivity contribution in [1.29, 1.82) is 0 Å². The monoisotopic (exact) mass is 492 g/mol. The summed E-state index contributed by atoms with van der Waals surface area (Å²) in [5.41, 5.74) is 2.15. The van der Waals surface area contributed by atoms with Gasteiger partial charge in [0.2, 0.25) is 0 Å². The van der Waals surface area contributed by atoms with Crippen LogP contribution in [0.15, 0.2) is 47.2 Å². The van der Waals surface area contributed by atoms with Crippen LogP contribution in [0.3, 0.4) is 0 Å². The van der Waals surface area contributed by atoms with Crippen LogP contribution in [0.4, 0.5) is 4.39 Å². The van der Waals surface area contributed by atoms with Crippen molar-refractivity contribution >= 4 is 5.91 Å². The maximum atomic E-state index is 14.3. The Morgan fingerprint density at radius 1 is 1.25 bits per heavy atom. The van der Waals surface area contributed by atoms with E-state index in [-0.39, 0.29) is 24.2 Å². The number of rotatable bonds is 7. The van der Waals surface area contributed by atoms with Gasteiger partial charge < -0.3 is 18.9 Å². The number of para-hydroxylation sites is 1. The number of nitrogens with zero attached hydrogens (tertiary/aromatic N) is 6. The van der Waals surface area contributed by atoms with Crippen molar-refractivity contribution in [3.63, 3.8) is 0 Å². The van der Waals surface area contributed by atoms with Crippen LogP contribution in [0.25, 0.3) is 17.1 Å². The minimum absolute atomic E-state index is 0.0534. The first-order chi connectivity index (χ1) is 17.5. The van der Waals surface area contributed by atoms with Gasteiger partial charge in [0.15, 0.2) is 17.4 Å². The summed E-state index contributed by atoms with van der Waals surface area (Å²) in [7, 11) is 1.56. The van der Waals surface area contributed by atoms with E-state index in [1.807, 2.05) is 13.0 Å². The Bertz CT molecular complexity index is 1390. The van der Waals surface area contributed by atoms with E-state index in [0.717, 1.165) is 12.0 Å². The number of ether oxygens (including phenoxy) is 2. The fourth-order valence-corrected chi connectivity index (χ4v) is 4.45. The van der Waals surface area contributed by atoms with E-state index in [2.05, 4.69) is 20.3 Å². The van der Waals surface area contributed by atoms with Crippen molar-refractivity contribution in [2.45, 2.75) is 32.7 Å². The maximum absolute atomic E-state index is 14.3. The van der Waals surface area contributed by atoms with Crippen LogP contribution in [0.5, 0.6) is 11.5 Å². The van der Waals surface area contributed by atoms with Crippen LogP contribution < -0.4 is 9.47 Å². The third-order valence-corrected chi connectivity index (χ3v) is 6.12. The average Bonchev–Trinajstić information content (AvgIpc) is 3.66. The molecule has 1 aliphatic heterocycles. The fourth-order valence-electron chi connectivity index (χ4n) is 4.45. The molecular weight excluding hydrogens is 467 g/mol. The first-order valence-corrected chi connectivity index (χ1v) is 11.6. The molecule has 3 heterocycles. The Kier molecular flexibility index (Phi) is 6.36. The Labute approximate surface area is 206 Å². The summed E-state index contributed by atoms with van der Waals surface area (Å²) in [5, 5.41) is 12.6. The molecule has 2 aromatic heterocycles. The number of carbonyl (C=O) groups is 1. The zero-order valence-electron chi connectivity index (χ0n) is 20.1. The second kappa shape index (κ2) is 9.76. The highest BCUT2D eigenvalue weighted by Gasteiger charge is 2.36. The number of amides is 1. The fraction of sp³-hybridized carbons (Fsp3) is 0.320. The van der Waals surface area contributed by atoms with E-state index in [1.54, 1.807) is 49.5 Å². The molecule has 36 heavy (non-hydrogen) atoms. The molecule has 4 aromatic rings. The summed E-state index contributed by atoms with van der Waals surface area (Å²) in [6.07, 6.45) is 4.53. The molecule has 1 fully saturated rings. The molecule has 11 heteroatoms. The van der Waals surface area contributed by atoms with Gasteiger partial charge in [-0.1, -0.05) is 11.2 Å². The van der Waals surface area contributed by atoms with Crippen LogP contribution in [0.1, 0.15) is 47.6 Å². The number of methoxy groups -OCH3 is 1. The van der Waals surface area contributed by atoms with Crippen molar-refractivity contribution in [2.75, 3.05) is 20.3 Å². The Hall–Kier alpha value is -4.28. The highest BCUT2D eigenvalue weighted by molar-refractivity contribution is 5.98. The predicted molar refractivity (Wildman–Crippen MR) is 127 cm³/mol. The summed E-state index contributed by atoms with van der Waals surface area (Å²) < 4.78 is 30.8. The molecular formula is C25H25FN6O4. The molecule has 0 bridgehead atoms. The third-order valence-electron chi connectivity index (χ3n) is 6.12. The minimum atomic E-state index is -0.514. The topological polar surface area (TPSA) is 108 Å². The summed E-state index contributed by atoms with van der Waals surface area (Å²) in [4.78, 5) is 21.5. The normalized spacial score (nSPS) is 15.3. The summed E-state index contributed by atoms with van der Waals surface area (Å²) in [5.74, 6) is 0.375. The van der Waals surface area contributed by atoms with E-state index >= 15 is 0 Å². The molecule has 10 nitrogen and oxygen atoms in total. The van der Waals surface area contributed by atoms with Crippen molar-refractivity contribution in [2.24, 2.45) is 0 Å². The van der Waals surface area contributed by atoms with Gasteiger partial charge in [0.1, 0.15) is 5.75 Å². The SMILES string of the molecule is CCOc1c(F)cccc1-c1nc([C@@H]2CCCN2C(=O)c2cc(OC)c(C)cc2-n2nccn2)no1. The van der Waals surface area contributed by atoms with Crippen LogP contribution in [-0.2, 0) is 0 Å². The van der Waals surface area contributed by atoms with Gasteiger partial charge >= 0.3 is 0 Å². The number of carbonyl (C=O) groups excluding carboxylic acids is 1. The lowest BCUT2D eigenvalue weighted by Gasteiger charge is -2.24. The first kappa shape index (κ1) is 23.5. The van der Waals surface area contributed by atoms with Gasteiger partial charge in [-0.3, -0.25) is 4.79 Å². The largest absolute Gasteiger partial charge is 0.496 e. The lowest BCUT2D eigenvalue weighted by molar-refractivity contribution is 0.0727. The molecule has 1 amide bonds. The van der Waals surface area contributed by atoms with Crippen LogP contribution >= 0.6 is 0 Å². The lowest BCUT2D eigenvalue weighted by Crippen LogP contribution is -2.32. The van der Waals surface area contributed by atoms with Gasteiger partial charge in [-0.2, -0.15) is 20.0 Å². The van der Waals surface area contributed by atoms with Gasteiger partial charge in [0.25, 0.3) is 11.8 Å². The zero-order valence-corrected chi connectivity index (χ0v) is 20.1. The first-order valence-electron chi connectivity index (χ1n) is 11.6. The molecule has 0 spiro atoms. The molecule has 0 saturated carbocycles. The number of hydrogen-bond acceptors (Lipinski definition) is 8. The number of aromatic nitrogens is 5. The van der Waals surface area contributed by atoms with Crippen LogP contribution in [-0.4, -0.2) is 56.2 Å². The standard InChI is InChI=1S/C25H25FN6O4/c1-4-35-22-16(7-5-8-18(22)26)24-29-23(30-36-24)19-9-6-12-31(19)25(33)17-14-21(34-3)15(2)13-20(17)32-27-10-11-28-32/h5,7-8,10-11,13-14,19H,4,6,9,12H2,1-3H3/t19-/m0/s1. The number of hydrogen-bond donors (Lipinski definition) is 0. The van der Waals surface area contributed by atoms with E-state index in [1.165, 1.54) is 10.9 Å². The van der Waals surface area contributed by atoms with Gasteiger partial charge in [0, 0.05) is 6.54 Å². The highest BCUT2D eigenvalue weighted by Crippen LogP contribution is 2.37. The van der Waals surface area contributed by atoms with E-state index in [4.69, 9.17) is 14.0 Å². The van der Waals surface area contributed by atoms with Crippen molar-refractivity contribution in [3.8, 4) is 28.6 Å². The number of halogens is 1. The Morgan fingerprint density at radius 2 is 2.06 bits per heavy atom. The number of aryl methyl sites for hydroxylation is 1. The maximum Gasteiger partial charge on any atom is 0.261 e. The lowest BCUT2D eigenvalue weighted by atomic mass is 10.1. The third kappa shape index (κ3) is 4.16. The van der Waals surface area contributed by atoms with Gasteiger partial charge in [-0.25, -0.2) is 4.39 Å². The summed E-state index contributed by atoms with van der Waals surface area (Å²) >= 11 is 0. The van der Waals surface area contributed by atoms with Gasteiger partial charge in [-0.15, -0.1) is 0 Å². The molecule has 1 atom stereocenters. The smallest absolute Gasteiger partial charge is 0.261 e. The molecule has 186 valence electrons. The van der Waals surface area contributed by atoms with Crippen molar-refractivity contribution in [1.82, 2.24) is 30.0 Å². The molecule has 2 aromatic carbocycles. The highest BCUT2D eigenvalue weighted by atomic mass is 19.1. The van der Waals surface area contributed by atoms with Crippen LogP contribution in [0.2, 0.25) is 0 Å². The quantitative estimate of drug-likeness (QED) is 0.379. The summed E-state index contributed by atoms with van der Waals surface area (Å²) in [6, 6.07) is 7.63. The number of benzene rings is 2. The molecule has 0 N–H and O–H groups in total. The van der Waals surface area contributed by atoms with E-state index in [0.29, 0.717) is 41.4 Å². The zero-order chi connectivity index (χ0) is 25.2. The van der Waals surface area contributed by atoms with Crippen LogP contribution in [0, 0.1) is 12.7 Å². The summed E-state index contributed by atoms with van der Waals surface area (Å²) in [6.45, 7) is 4.46.